The molecule has 0 aliphatic heterocycles. The Morgan fingerprint density at radius 3 is 2.85 bits per heavy atom. The molecule has 0 saturated carbocycles. The molecule has 0 fully saturated rings. The lowest BCUT2D eigenvalue weighted by Crippen LogP contribution is -2.23. The second kappa shape index (κ2) is 7.16. The van der Waals surface area contributed by atoms with Gasteiger partial charge in [0, 0.05) is 22.9 Å². The summed E-state index contributed by atoms with van der Waals surface area (Å²) < 4.78 is 13.9. The van der Waals surface area contributed by atoms with E-state index in [1.165, 1.54) is 12.1 Å². The van der Waals surface area contributed by atoms with Crippen molar-refractivity contribution in [3.63, 3.8) is 0 Å². The largest absolute Gasteiger partial charge is 0.310 e. The molecule has 1 N–H and O–H groups in total. The van der Waals surface area contributed by atoms with Gasteiger partial charge in [-0.2, -0.15) is 0 Å². The van der Waals surface area contributed by atoms with Crippen molar-refractivity contribution in [3.8, 4) is 0 Å². The summed E-state index contributed by atoms with van der Waals surface area (Å²) in [5.41, 5.74) is 2.03. The zero-order chi connectivity index (χ0) is 14.5. The van der Waals surface area contributed by atoms with Crippen LogP contribution >= 0.6 is 27.5 Å². The minimum Gasteiger partial charge on any atom is -0.310 e. The van der Waals surface area contributed by atoms with Crippen molar-refractivity contribution in [2.75, 3.05) is 6.54 Å². The van der Waals surface area contributed by atoms with Crippen LogP contribution in [0, 0.1) is 5.82 Å². The highest BCUT2D eigenvalue weighted by molar-refractivity contribution is 9.10. The monoisotopic (exact) mass is 356 g/mol. The standard InChI is InChI=1S/C15H15BrClFN2/c1-2-20-15(12-5-6-19-9-14(12)17)7-10-3-4-11(18)8-13(10)16/h3-6,8-9,15,20H,2,7H2,1H3. The van der Waals surface area contributed by atoms with Crippen molar-refractivity contribution in [1.82, 2.24) is 10.3 Å². The van der Waals surface area contributed by atoms with Crippen molar-refractivity contribution < 1.29 is 4.39 Å². The molecule has 1 unspecified atom stereocenters. The molecule has 1 heterocycles. The van der Waals surface area contributed by atoms with Gasteiger partial charge >= 0.3 is 0 Å². The molecule has 20 heavy (non-hydrogen) atoms. The fraction of sp³-hybridized carbons (Fsp3) is 0.267. The van der Waals surface area contributed by atoms with E-state index in [4.69, 9.17) is 11.6 Å². The maximum absolute atomic E-state index is 13.1. The Kier molecular flexibility index (Phi) is 5.52. The van der Waals surface area contributed by atoms with Crippen LogP contribution < -0.4 is 5.32 Å². The third-order valence-corrected chi connectivity index (χ3v) is 4.12. The van der Waals surface area contributed by atoms with Gasteiger partial charge in [-0.05, 0) is 42.3 Å². The van der Waals surface area contributed by atoms with Crippen molar-refractivity contribution in [2.45, 2.75) is 19.4 Å². The van der Waals surface area contributed by atoms with Crippen LogP contribution in [-0.2, 0) is 6.42 Å². The number of nitrogens with one attached hydrogen (secondary N) is 1. The van der Waals surface area contributed by atoms with Gasteiger partial charge in [-0.15, -0.1) is 0 Å². The number of benzene rings is 1. The quantitative estimate of drug-likeness (QED) is 0.850. The van der Waals surface area contributed by atoms with E-state index in [0.717, 1.165) is 28.6 Å². The molecule has 1 aromatic carbocycles. The fourth-order valence-corrected chi connectivity index (χ4v) is 2.88. The number of pyridine rings is 1. The van der Waals surface area contributed by atoms with Gasteiger partial charge in [0.05, 0.1) is 5.02 Å². The van der Waals surface area contributed by atoms with E-state index in [-0.39, 0.29) is 11.9 Å². The normalized spacial score (nSPS) is 12.4. The van der Waals surface area contributed by atoms with Crippen LogP contribution in [0.2, 0.25) is 5.02 Å². The van der Waals surface area contributed by atoms with Gasteiger partial charge < -0.3 is 5.32 Å². The van der Waals surface area contributed by atoms with E-state index < -0.39 is 0 Å². The van der Waals surface area contributed by atoms with Crippen molar-refractivity contribution in [1.29, 1.82) is 0 Å². The van der Waals surface area contributed by atoms with E-state index in [0.29, 0.717) is 5.02 Å². The molecule has 0 saturated heterocycles. The highest BCUT2D eigenvalue weighted by Gasteiger charge is 2.16. The van der Waals surface area contributed by atoms with Crippen molar-refractivity contribution in [2.24, 2.45) is 0 Å². The first kappa shape index (κ1) is 15.4. The number of halogens is 3. The van der Waals surface area contributed by atoms with Crippen molar-refractivity contribution >= 4 is 27.5 Å². The van der Waals surface area contributed by atoms with E-state index >= 15 is 0 Å². The lowest BCUT2D eigenvalue weighted by Gasteiger charge is -2.20. The molecule has 5 heteroatoms. The molecule has 0 aliphatic rings. The van der Waals surface area contributed by atoms with Gasteiger partial charge in [-0.25, -0.2) is 4.39 Å². The maximum Gasteiger partial charge on any atom is 0.124 e. The predicted octanol–water partition coefficient (Wildman–Crippen LogP) is 4.53. The number of aromatic nitrogens is 1. The molecule has 1 aromatic heterocycles. The average molecular weight is 358 g/mol. The third-order valence-electron chi connectivity index (χ3n) is 3.07. The number of hydrogen-bond acceptors (Lipinski definition) is 2. The molecule has 2 aromatic rings. The molecule has 106 valence electrons. The molecular formula is C15H15BrClFN2. The fourth-order valence-electron chi connectivity index (χ4n) is 2.11. The minimum absolute atomic E-state index is 0.0669. The van der Waals surface area contributed by atoms with Crippen LogP contribution in [0.15, 0.2) is 41.1 Å². The van der Waals surface area contributed by atoms with Crippen LogP contribution in [0.3, 0.4) is 0 Å². The molecule has 0 bridgehead atoms. The summed E-state index contributed by atoms with van der Waals surface area (Å²) in [5.74, 6) is -0.248. The second-order valence-corrected chi connectivity index (χ2v) is 5.71. The summed E-state index contributed by atoms with van der Waals surface area (Å²) in [7, 11) is 0. The molecule has 0 spiro atoms. The number of likely N-dealkylation sites (N-methyl/N-ethyl adjacent to an activating group) is 1. The Labute approximate surface area is 131 Å². The first-order chi connectivity index (χ1) is 9.61. The van der Waals surface area contributed by atoms with Gasteiger partial charge in [0.25, 0.3) is 0 Å². The Balaban J connectivity index is 2.28. The van der Waals surface area contributed by atoms with Gasteiger partial charge in [0.1, 0.15) is 5.82 Å². The van der Waals surface area contributed by atoms with Crippen molar-refractivity contribution in [3.05, 3.63) is 63.1 Å². The van der Waals surface area contributed by atoms with Gasteiger partial charge in [-0.3, -0.25) is 4.98 Å². The molecule has 1 atom stereocenters. The highest BCUT2D eigenvalue weighted by Crippen LogP contribution is 2.28. The van der Waals surface area contributed by atoms with Gasteiger partial charge in [0.2, 0.25) is 0 Å². The van der Waals surface area contributed by atoms with E-state index in [2.05, 4.69) is 26.2 Å². The predicted molar refractivity (Wildman–Crippen MR) is 83.5 cm³/mol. The summed E-state index contributed by atoms with van der Waals surface area (Å²) in [6.07, 6.45) is 4.09. The van der Waals surface area contributed by atoms with Crippen LogP contribution in [0.1, 0.15) is 24.1 Å². The van der Waals surface area contributed by atoms with Crippen LogP contribution in [-0.4, -0.2) is 11.5 Å². The Hall–Kier alpha value is -0.970. The molecule has 0 amide bonds. The van der Waals surface area contributed by atoms with E-state index in [9.17, 15) is 4.39 Å². The Morgan fingerprint density at radius 2 is 2.20 bits per heavy atom. The average Bonchev–Trinajstić information content (AvgIpc) is 2.42. The topological polar surface area (TPSA) is 24.9 Å². The zero-order valence-corrected chi connectivity index (χ0v) is 13.4. The first-order valence-corrected chi connectivity index (χ1v) is 7.55. The highest BCUT2D eigenvalue weighted by atomic mass is 79.9. The maximum atomic E-state index is 13.1. The SMILES string of the molecule is CCNC(Cc1ccc(F)cc1Br)c1ccncc1Cl. The lowest BCUT2D eigenvalue weighted by atomic mass is 9.99. The smallest absolute Gasteiger partial charge is 0.124 e. The van der Waals surface area contributed by atoms with Crippen LogP contribution in [0.5, 0.6) is 0 Å². The lowest BCUT2D eigenvalue weighted by molar-refractivity contribution is 0.547. The molecule has 0 radical (unpaired) electrons. The van der Waals surface area contributed by atoms with E-state index in [1.807, 2.05) is 13.0 Å². The Morgan fingerprint density at radius 1 is 1.40 bits per heavy atom. The Bertz CT molecular complexity index is 592. The molecule has 2 rings (SSSR count). The molecule has 0 aliphatic carbocycles. The summed E-state index contributed by atoms with van der Waals surface area (Å²) in [6.45, 7) is 2.87. The number of rotatable bonds is 5. The summed E-state index contributed by atoms with van der Waals surface area (Å²) in [4.78, 5) is 4.01. The van der Waals surface area contributed by atoms with Gasteiger partial charge in [0.15, 0.2) is 0 Å². The molecule has 2 nitrogen and oxygen atoms in total. The van der Waals surface area contributed by atoms with Crippen LogP contribution in [0.4, 0.5) is 4.39 Å². The first-order valence-electron chi connectivity index (χ1n) is 6.38. The summed E-state index contributed by atoms with van der Waals surface area (Å²) in [5, 5.41) is 4.04. The minimum atomic E-state index is -0.248. The van der Waals surface area contributed by atoms with Crippen LogP contribution in [0.25, 0.3) is 0 Å². The number of nitrogens with zero attached hydrogens (tertiary/aromatic N) is 1. The summed E-state index contributed by atoms with van der Waals surface area (Å²) in [6, 6.07) is 6.72. The summed E-state index contributed by atoms with van der Waals surface area (Å²) >= 11 is 9.62. The zero-order valence-electron chi connectivity index (χ0n) is 11.0. The third kappa shape index (κ3) is 3.78. The molecular weight excluding hydrogens is 343 g/mol. The van der Waals surface area contributed by atoms with Gasteiger partial charge in [-0.1, -0.05) is 40.5 Å². The number of hydrogen-bond donors (Lipinski definition) is 1. The van der Waals surface area contributed by atoms with E-state index in [1.54, 1.807) is 18.5 Å². The second-order valence-electron chi connectivity index (χ2n) is 4.45.